The zero-order valence-corrected chi connectivity index (χ0v) is 12.3. The van der Waals surface area contributed by atoms with Crippen molar-refractivity contribution in [3.63, 3.8) is 0 Å². The summed E-state index contributed by atoms with van der Waals surface area (Å²) in [4.78, 5) is 12.7. The average molecular weight is 295 g/mol. The molecule has 2 N–H and O–H groups in total. The lowest BCUT2D eigenvalue weighted by molar-refractivity contribution is -0.131. The summed E-state index contributed by atoms with van der Waals surface area (Å²) in [7, 11) is 0. The lowest BCUT2D eigenvalue weighted by Crippen LogP contribution is -2.50. The van der Waals surface area contributed by atoms with E-state index >= 15 is 0 Å². The van der Waals surface area contributed by atoms with Gasteiger partial charge in [-0.2, -0.15) is 0 Å². The first-order valence-corrected chi connectivity index (χ1v) is 7.34. The van der Waals surface area contributed by atoms with Crippen molar-refractivity contribution in [2.45, 2.75) is 37.6 Å². The zero-order valence-electron chi connectivity index (χ0n) is 12.3. The van der Waals surface area contributed by atoms with Crippen LogP contribution in [0, 0.1) is 5.82 Å². The number of carbonyl (C=O) groups excluding carboxylic acids is 1. The SMILES string of the molecule is CC(CCO)NC(=O)C1(c2ccc(F)cc2)CCOCC1. The van der Waals surface area contributed by atoms with Crippen LogP contribution in [0.5, 0.6) is 0 Å². The Morgan fingerprint density at radius 2 is 2.00 bits per heavy atom. The molecule has 0 bridgehead atoms. The molecule has 1 aliphatic rings. The van der Waals surface area contributed by atoms with Crippen molar-refractivity contribution in [3.8, 4) is 0 Å². The Hall–Kier alpha value is -1.46. The zero-order chi connectivity index (χ0) is 15.3. The Bertz CT molecular complexity index is 469. The van der Waals surface area contributed by atoms with Crippen molar-refractivity contribution in [3.05, 3.63) is 35.6 Å². The van der Waals surface area contributed by atoms with E-state index in [1.54, 1.807) is 12.1 Å². The van der Waals surface area contributed by atoms with Gasteiger partial charge in [0, 0.05) is 25.9 Å². The van der Waals surface area contributed by atoms with Crippen LogP contribution in [-0.2, 0) is 14.9 Å². The molecule has 0 spiro atoms. The molecule has 1 unspecified atom stereocenters. The third kappa shape index (κ3) is 3.60. The van der Waals surface area contributed by atoms with E-state index in [1.807, 2.05) is 6.92 Å². The van der Waals surface area contributed by atoms with E-state index in [-0.39, 0.29) is 24.4 Å². The molecule has 2 rings (SSSR count). The van der Waals surface area contributed by atoms with Gasteiger partial charge in [0.15, 0.2) is 0 Å². The van der Waals surface area contributed by atoms with Crippen LogP contribution in [0.1, 0.15) is 31.7 Å². The number of ether oxygens (including phenoxy) is 1. The number of aliphatic hydroxyl groups is 1. The van der Waals surface area contributed by atoms with Crippen LogP contribution in [0.2, 0.25) is 0 Å². The molecule has 0 aromatic heterocycles. The molecule has 4 nitrogen and oxygen atoms in total. The van der Waals surface area contributed by atoms with Gasteiger partial charge in [0.05, 0.1) is 5.41 Å². The summed E-state index contributed by atoms with van der Waals surface area (Å²) in [6.45, 7) is 2.93. The molecule has 1 aromatic rings. The van der Waals surface area contributed by atoms with Crippen LogP contribution in [0.4, 0.5) is 4.39 Å². The second-order valence-electron chi connectivity index (χ2n) is 5.59. The van der Waals surface area contributed by atoms with E-state index < -0.39 is 5.41 Å². The topological polar surface area (TPSA) is 58.6 Å². The van der Waals surface area contributed by atoms with Gasteiger partial charge in [-0.25, -0.2) is 4.39 Å². The Morgan fingerprint density at radius 1 is 1.38 bits per heavy atom. The fraction of sp³-hybridized carbons (Fsp3) is 0.562. The van der Waals surface area contributed by atoms with Gasteiger partial charge in [0.1, 0.15) is 5.82 Å². The maximum atomic E-state index is 13.1. The normalized spacial score (nSPS) is 19.0. The second kappa shape index (κ2) is 7.00. The van der Waals surface area contributed by atoms with Crippen molar-refractivity contribution >= 4 is 5.91 Å². The molecule has 0 radical (unpaired) electrons. The lowest BCUT2D eigenvalue weighted by atomic mass is 9.73. The van der Waals surface area contributed by atoms with Crippen molar-refractivity contribution in [1.82, 2.24) is 5.32 Å². The third-order valence-electron chi connectivity index (χ3n) is 4.12. The molecule has 1 saturated heterocycles. The number of hydrogen-bond acceptors (Lipinski definition) is 3. The number of nitrogens with one attached hydrogen (secondary N) is 1. The fourth-order valence-electron chi connectivity index (χ4n) is 2.76. The molecule has 0 aliphatic carbocycles. The van der Waals surface area contributed by atoms with Gasteiger partial charge in [-0.15, -0.1) is 0 Å². The van der Waals surface area contributed by atoms with Crippen molar-refractivity contribution in [2.75, 3.05) is 19.8 Å². The maximum absolute atomic E-state index is 13.1. The fourth-order valence-corrected chi connectivity index (χ4v) is 2.76. The highest BCUT2D eigenvalue weighted by molar-refractivity contribution is 5.88. The summed E-state index contributed by atoms with van der Waals surface area (Å²) in [6.07, 6.45) is 1.67. The predicted molar refractivity (Wildman–Crippen MR) is 77.4 cm³/mol. The largest absolute Gasteiger partial charge is 0.396 e. The summed E-state index contributed by atoms with van der Waals surface area (Å²) >= 11 is 0. The molecule has 116 valence electrons. The minimum Gasteiger partial charge on any atom is -0.396 e. The number of amides is 1. The molecule has 1 amide bonds. The first-order valence-electron chi connectivity index (χ1n) is 7.34. The molecule has 0 saturated carbocycles. The lowest BCUT2D eigenvalue weighted by Gasteiger charge is -2.37. The van der Waals surface area contributed by atoms with Crippen molar-refractivity contribution in [1.29, 1.82) is 0 Å². The van der Waals surface area contributed by atoms with Crippen LogP contribution >= 0.6 is 0 Å². The molecular formula is C16H22FNO3. The summed E-state index contributed by atoms with van der Waals surface area (Å²) < 4.78 is 18.5. The summed E-state index contributed by atoms with van der Waals surface area (Å²) in [6, 6.07) is 6.03. The van der Waals surface area contributed by atoms with Gasteiger partial charge in [-0.3, -0.25) is 4.79 Å². The number of rotatable bonds is 5. The third-order valence-corrected chi connectivity index (χ3v) is 4.12. The summed E-state index contributed by atoms with van der Waals surface area (Å²) in [5.41, 5.74) is 0.149. The Balaban J connectivity index is 2.24. The molecule has 1 aromatic carbocycles. The van der Waals surface area contributed by atoms with Gasteiger partial charge in [0.25, 0.3) is 0 Å². The number of hydrogen-bond donors (Lipinski definition) is 2. The minimum atomic E-state index is -0.671. The summed E-state index contributed by atoms with van der Waals surface area (Å²) in [5, 5.41) is 11.9. The second-order valence-corrected chi connectivity index (χ2v) is 5.59. The first-order chi connectivity index (χ1) is 10.1. The van der Waals surface area contributed by atoms with Crippen LogP contribution < -0.4 is 5.32 Å². The van der Waals surface area contributed by atoms with E-state index in [9.17, 15) is 9.18 Å². The van der Waals surface area contributed by atoms with Gasteiger partial charge in [-0.1, -0.05) is 12.1 Å². The van der Waals surface area contributed by atoms with Gasteiger partial charge < -0.3 is 15.2 Å². The molecular weight excluding hydrogens is 273 g/mol. The molecule has 1 heterocycles. The highest BCUT2D eigenvalue weighted by Gasteiger charge is 2.41. The highest BCUT2D eigenvalue weighted by Crippen LogP contribution is 2.35. The van der Waals surface area contributed by atoms with Gasteiger partial charge in [-0.05, 0) is 43.9 Å². The number of carbonyl (C=O) groups is 1. The van der Waals surface area contributed by atoms with E-state index in [0.29, 0.717) is 32.5 Å². The smallest absolute Gasteiger partial charge is 0.231 e. The predicted octanol–water partition coefficient (Wildman–Crippen LogP) is 1.76. The number of halogens is 1. The standard InChI is InChI=1S/C16H22FNO3/c1-12(6-9-19)18-15(20)16(7-10-21-11-8-16)13-2-4-14(17)5-3-13/h2-5,12,19H,6-11H2,1H3,(H,18,20). The highest BCUT2D eigenvalue weighted by atomic mass is 19.1. The first kappa shape index (κ1) is 15.9. The Kier molecular flexibility index (Phi) is 5.31. The van der Waals surface area contributed by atoms with E-state index in [1.165, 1.54) is 12.1 Å². The molecule has 1 atom stereocenters. The Morgan fingerprint density at radius 3 is 2.57 bits per heavy atom. The Labute approximate surface area is 124 Å². The maximum Gasteiger partial charge on any atom is 0.231 e. The van der Waals surface area contributed by atoms with E-state index in [0.717, 1.165) is 5.56 Å². The molecule has 1 aliphatic heterocycles. The van der Waals surface area contributed by atoms with Gasteiger partial charge in [0.2, 0.25) is 5.91 Å². The van der Waals surface area contributed by atoms with Gasteiger partial charge >= 0.3 is 0 Å². The van der Waals surface area contributed by atoms with Crippen LogP contribution in [0.3, 0.4) is 0 Å². The van der Waals surface area contributed by atoms with E-state index in [4.69, 9.17) is 9.84 Å². The molecule has 5 heteroatoms. The van der Waals surface area contributed by atoms with Crippen LogP contribution in [0.15, 0.2) is 24.3 Å². The number of benzene rings is 1. The molecule has 1 fully saturated rings. The number of aliphatic hydroxyl groups excluding tert-OH is 1. The quantitative estimate of drug-likeness (QED) is 0.870. The monoisotopic (exact) mass is 295 g/mol. The minimum absolute atomic E-state index is 0.0358. The van der Waals surface area contributed by atoms with Crippen molar-refractivity contribution in [2.24, 2.45) is 0 Å². The summed E-state index contributed by atoms with van der Waals surface area (Å²) in [5.74, 6) is -0.381. The molecule has 21 heavy (non-hydrogen) atoms. The van der Waals surface area contributed by atoms with E-state index in [2.05, 4.69) is 5.32 Å². The van der Waals surface area contributed by atoms with Crippen molar-refractivity contribution < 1.29 is 19.0 Å². The average Bonchev–Trinajstić information content (AvgIpc) is 2.48. The van der Waals surface area contributed by atoms with Crippen LogP contribution in [0.25, 0.3) is 0 Å². The van der Waals surface area contributed by atoms with Crippen LogP contribution in [-0.4, -0.2) is 36.9 Å².